The third-order valence-corrected chi connectivity index (χ3v) is 5.08. The molecule has 6 heteroatoms. The van der Waals surface area contributed by atoms with E-state index in [0.717, 1.165) is 37.6 Å². The molecule has 2 heterocycles. The van der Waals surface area contributed by atoms with Gasteiger partial charge in [0.05, 0.1) is 6.54 Å². The summed E-state index contributed by atoms with van der Waals surface area (Å²) in [6.45, 7) is 5.46. The van der Waals surface area contributed by atoms with Crippen LogP contribution in [0.4, 0.5) is 0 Å². The Balaban J connectivity index is 0.00000243. The summed E-state index contributed by atoms with van der Waals surface area (Å²) in [7, 11) is 1.83. The van der Waals surface area contributed by atoms with Gasteiger partial charge in [-0.15, -0.1) is 24.0 Å². The van der Waals surface area contributed by atoms with Crippen molar-refractivity contribution in [1.29, 1.82) is 0 Å². The minimum Gasteiger partial charge on any atom is -0.488 e. The molecule has 0 aromatic heterocycles. The van der Waals surface area contributed by atoms with Crippen molar-refractivity contribution in [1.82, 2.24) is 15.5 Å². The highest BCUT2D eigenvalue weighted by atomic mass is 127. The molecule has 1 fully saturated rings. The van der Waals surface area contributed by atoms with Crippen LogP contribution in [-0.4, -0.2) is 56.7 Å². The van der Waals surface area contributed by atoms with Gasteiger partial charge in [-0.1, -0.05) is 31.0 Å². The lowest BCUT2D eigenvalue weighted by molar-refractivity contribution is 0.235. The molecule has 146 valence electrons. The van der Waals surface area contributed by atoms with E-state index in [-0.39, 0.29) is 30.1 Å². The highest BCUT2D eigenvalue weighted by Crippen LogP contribution is 2.27. The molecule has 3 rings (SSSR count). The molecule has 1 unspecified atom stereocenters. The summed E-state index contributed by atoms with van der Waals surface area (Å²) in [5, 5.41) is 6.82. The molecule has 1 atom stereocenters. The second kappa shape index (κ2) is 11.6. The zero-order valence-corrected chi connectivity index (χ0v) is 18.2. The van der Waals surface area contributed by atoms with Gasteiger partial charge < -0.3 is 20.3 Å². The lowest BCUT2D eigenvalue weighted by atomic mass is 10.1. The van der Waals surface area contributed by atoms with E-state index in [1.54, 1.807) is 0 Å². The Hall–Kier alpha value is -1.02. The first-order valence-corrected chi connectivity index (χ1v) is 9.76. The topological polar surface area (TPSA) is 48.9 Å². The zero-order chi connectivity index (χ0) is 17.3. The van der Waals surface area contributed by atoms with E-state index in [0.29, 0.717) is 0 Å². The van der Waals surface area contributed by atoms with E-state index in [9.17, 15) is 0 Å². The van der Waals surface area contributed by atoms with Crippen molar-refractivity contribution in [2.75, 3.05) is 39.8 Å². The van der Waals surface area contributed by atoms with Gasteiger partial charge >= 0.3 is 0 Å². The third kappa shape index (κ3) is 6.61. The monoisotopic (exact) mass is 472 g/mol. The summed E-state index contributed by atoms with van der Waals surface area (Å²) in [6.07, 6.45) is 7.84. The Labute approximate surface area is 175 Å². The van der Waals surface area contributed by atoms with Crippen molar-refractivity contribution in [3.63, 3.8) is 0 Å². The third-order valence-electron chi connectivity index (χ3n) is 5.08. The molecule has 0 radical (unpaired) electrons. The predicted octanol–water partition coefficient (Wildman–Crippen LogP) is 3.04. The van der Waals surface area contributed by atoms with Crippen LogP contribution < -0.4 is 15.4 Å². The molecular weight excluding hydrogens is 439 g/mol. The summed E-state index contributed by atoms with van der Waals surface area (Å²) in [5.41, 5.74) is 1.30. The van der Waals surface area contributed by atoms with Gasteiger partial charge in [-0.05, 0) is 50.5 Å². The Morgan fingerprint density at radius 3 is 2.65 bits per heavy atom. The molecule has 5 nitrogen and oxygen atoms in total. The molecule has 2 aliphatic rings. The van der Waals surface area contributed by atoms with E-state index in [4.69, 9.17) is 4.74 Å². The number of benzene rings is 1. The van der Waals surface area contributed by atoms with Crippen molar-refractivity contribution in [3.8, 4) is 5.75 Å². The van der Waals surface area contributed by atoms with Gasteiger partial charge in [-0.2, -0.15) is 0 Å². The summed E-state index contributed by atoms with van der Waals surface area (Å²) in [6, 6.07) is 8.29. The average Bonchev–Trinajstić information content (AvgIpc) is 2.88. The maximum atomic E-state index is 5.97. The van der Waals surface area contributed by atoms with Crippen LogP contribution in [0.15, 0.2) is 29.3 Å². The van der Waals surface area contributed by atoms with E-state index in [2.05, 4.69) is 32.7 Å². The quantitative estimate of drug-likeness (QED) is 0.289. The van der Waals surface area contributed by atoms with Gasteiger partial charge in [-0.25, -0.2) is 0 Å². The van der Waals surface area contributed by atoms with Crippen LogP contribution in [-0.2, 0) is 6.42 Å². The van der Waals surface area contributed by atoms with Crippen LogP contribution in [0, 0.1) is 0 Å². The number of halogens is 1. The fourth-order valence-corrected chi connectivity index (χ4v) is 3.67. The number of para-hydroxylation sites is 1. The number of nitrogens with zero attached hydrogens (tertiary/aromatic N) is 2. The van der Waals surface area contributed by atoms with Crippen LogP contribution in [0.2, 0.25) is 0 Å². The van der Waals surface area contributed by atoms with E-state index < -0.39 is 0 Å². The number of fused-ring (bicyclic) bond motifs is 1. The SMILES string of the molecule is CN=C(NCCCN1CCCCCC1)NCC1Cc2ccccc2O1.I. The van der Waals surface area contributed by atoms with E-state index in [1.165, 1.54) is 50.9 Å². The molecule has 2 N–H and O–H groups in total. The van der Waals surface area contributed by atoms with Crippen molar-refractivity contribution in [2.45, 2.75) is 44.6 Å². The number of guanidine groups is 1. The van der Waals surface area contributed by atoms with Crippen LogP contribution in [0.25, 0.3) is 0 Å². The highest BCUT2D eigenvalue weighted by Gasteiger charge is 2.22. The first-order valence-electron chi connectivity index (χ1n) is 9.76. The molecule has 1 saturated heterocycles. The molecule has 0 amide bonds. The van der Waals surface area contributed by atoms with Crippen molar-refractivity contribution in [2.24, 2.45) is 4.99 Å². The van der Waals surface area contributed by atoms with E-state index in [1.807, 2.05) is 19.2 Å². The lowest BCUT2D eigenvalue weighted by Gasteiger charge is -2.20. The lowest BCUT2D eigenvalue weighted by Crippen LogP contribution is -2.43. The largest absolute Gasteiger partial charge is 0.488 e. The zero-order valence-electron chi connectivity index (χ0n) is 15.9. The van der Waals surface area contributed by atoms with E-state index >= 15 is 0 Å². The number of rotatable bonds is 6. The summed E-state index contributed by atoms with van der Waals surface area (Å²) >= 11 is 0. The summed E-state index contributed by atoms with van der Waals surface area (Å²) < 4.78 is 5.97. The fraction of sp³-hybridized carbons (Fsp3) is 0.650. The van der Waals surface area contributed by atoms with Gasteiger partial charge in [0.25, 0.3) is 0 Å². The molecule has 1 aromatic carbocycles. The molecule has 26 heavy (non-hydrogen) atoms. The number of likely N-dealkylation sites (tertiary alicyclic amines) is 1. The molecule has 0 spiro atoms. The second-order valence-electron chi connectivity index (χ2n) is 7.04. The van der Waals surface area contributed by atoms with Crippen molar-refractivity contribution < 1.29 is 4.74 Å². The smallest absolute Gasteiger partial charge is 0.191 e. The van der Waals surface area contributed by atoms with Crippen LogP contribution in [0.3, 0.4) is 0 Å². The Kier molecular flexibility index (Phi) is 9.53. The van der Waals surface area contributed by atoms with Crippen LogP contribution in [0.5, 0.6) is 5.75 Å². The summed E-state index contributed by atoms with van der Waals surface area (Å²) in [4.78, 5) is 6.93. The Morgan fingerprint density at radius 1 is 1.15 bits per heavy atom. The fourth-order valence-electron chi connectivity index (χ4n) is 3.67. The van der Waals surface area contributed by atoms with Crippen molar-refractivity contribution in [3.05, 3.63) is 29.8 Å². The molecular formula is C20H33IN4O. The van der Waals surface area contributed by atoms with Crippen LogP contribution in [0.1, 0.15) is 37.7 Å². The Morgan fingerprint density at radius 2 is 1.92 bits per heavy atom. The van der Waals surface area contributed by atoms with Gasteiger partial charge in [0.15, 0.2) is 5.96 Å². The van der Waals surface area contributed by atoms with Gasteiger partial charge in [0, 0.05) is 20.0 Å². The summed E-state index contributed by atoms with van der Waals surface area (Å²) in [5.74, 6) is 1.89. The molecule has 0 bridgehead atoms. The standard InChI is InChI=1S/C20H32N4O.HI/c1-21-20(22-11-8-14-24-12-6-2-3-7-13-24)23-16-18-15-17-9-4-5-10-19(17)25-18;/h4-5,9-10,18H,2-3,6-8,11-16H2,1H3,(H2,21,22,23);1H. The minimum absolute atomic E-state index is 0. The highest BCUT2D eigenvalue weighted by molar-refractivity contribution is 14.0. The predicted molar refractivity (Wildman–Crippen MR) is 119 cm³/mol. The normalized spacial score (nSPS) is 20.5. The number of ether oxygens (including phenoxy) is 1. The Bertz CT molecular complexity index is 533. The average molecular weight is 472 g/mol. The molecule has 0 aliphatic carbocycles. The van der Waals surface area contributed by atoms with Gasteiger partial charge in [0.2, 0.25) is 0 Å². The first-order chi connectivity index (χ1) is 12.3. The number of aliphatic imine (C=N–C) groups is 1. The van der Waals surface area contributed by atoms with Crippen LogP contribution >= 0.6 is 24.0 Å². The minimum atomic E-state index is 0. The molecule has 2 aliphatic heterocycles. The number of nitrogens with one attached hydrogen (secondary N) is 2. The molecule has 1 aromatic rings. The maximum absolute atomic E-state index is 5.97. The van der Waals surface area contributed by atoms with Crippen molar-refractivity contribution >= 4 is 29.9 Å². The second-order valence-corrected chi connectivity index (χ2v) is 7.04. The van der Waals surface area contributed by atoms with Gasteiger partial charge in [-0.3, -0.25) is 4.99 Å². The van der Waals surface area contributed by atoms with Gasteiger partial charge in [0.1, 0.15) is 11.9 Å². The number of hydrogen-bond donors (Lipinski definition) is 2. The maximum Gasteiger partial charge on any atom is 0.191 e. The molecule has 0 saturated carbocycles. The first kappa shape index (κ1) is 21.3. The number of hydrogen-bond acceptors (Lipinski definition) is 3.